The Morgan fingerprint density at radius 3 is 2.50 bits per heavy atom. The first-order valence-electron chi connectivity index (χ1n) is 4.17. The fraction of sp³-hybridized carbons (Fsp3) is 0.300. The van der Waals surface area contributed by atoms with Gasteiger partial charge in [-0.2, -0.15) is 0 Å². The Morgan fingerprint density at radius 1 is 1.43 bits per heavy atom. The molecule has 1 aromatic carbocycles. The van der Waals surface area contributed by atoms with Crippen LogP contribution in [0.2, 0.25) is 0 Å². The summed E-state index contributed by atoms with van der Waals surface area (Å²) in [6, 6.07) is 9.42. The zero-order chi connectivity index (χ0) is 9.68. The summed E-state index contributed by atoms with van der Waals surface area (Å²) in [4.78, 5) is 11.1. The molecule has 0 spiro atoms. The van der Waals surface area contributed by atoms with Crippen LogP contribution in [0.25, 0.3) is 0 Å². The Morgan fingerprint density at radius 2 is 2.00 bits per heavy atom. The van der Waals surface area contributed by atoms with Gasteiger partial charge in [0.1, 0.15) is 6.23 Å². The van der Waals surface area contributed by atoms with Crippen LogP contribution in [0.4, 0.5) is 0 Å². The Hall–Kier alpha value is -1.06. The summed E-state index contributed by atoms with van der Waals surface area (Å²) >= 11 is 0. The average molecular weight is 216 g/mol. The summed E-state index contributed by atoms with van der Waals surface area (Å²) < 4.78 is 4.79. The maximum Gasteiger partial charge on any atom is 0.311 e. The maximum atomic E-state index is 11.1. The summed E-state index contributed by atoms with van der Waals surface area (Å²) in [5.74, 6) is -0.291. The van der Waals surface area contributed by atoms with Gasteiger partial charge in [-0.3, -0.25) is 10.5 Å². The minimum Gasteiger partial charge on any atom is -0.447 e. The van der Waals surface area contributed by atoms with Gasteiger partial charge in [-0.25, -0.2) is 0 Å². The molecule has 1 aromatic rings. The zero-order valence-corrected chi connectivity index (χ0v) is 8.79. The number of hydrogen-bond acceptors (Lipinski definition) is 3. The van der Waals surface area contributed by atoms with E-state index in [2.05, 4.69) is 0 Å². The Bertz CT molecular complexity index is 275. The molecule has 0 heterocycles. The molecule has 0 aliphatic carbocycles. The predicted molar refractivity (Wildman–Crippen MR) is 57.1 cm³/mol. The number of nitrogens with two attached hydrogens (primary N) is 1. The van der Waals surface area contributed by atoms with Crippen molar-refractivity contribution in [1.29, 1.82) is 0 Å². The van der Waals surface area contributed by atoms with E-state index in [1.54, 1.807) is 6.92 Å². The Balaban J connectivity index is 0.00000169. The van der Waals surface area contributed by atoms with Crippen LogP contribution < -0.4 is 5.73 Å². The van der Waals surface area contributed by atoms with E-state index < -0.39 is 6.23 Å². The maximum absolute atomic E-state index is 11.1. The van der Waals surface area contributed by atoms with Crippen LogP contribution in [-0.4, -0.2) is 12.2 Å². The third-order valence-electron chi connectivity index (χ3n) is 1.51. The van der Waals surface area contributed by atoms with Crippen molar-refractivity contribution < 1.29 is 9.53 Å². The minimum absolute atomic E-state index is 0. The summed E-state index contributed by atoms with van der Waals surface area (Å²) in [7, 11) is 0. The molecule has 0 saturated heterocycles. The summed E-state index contributed by atoms with van der Waals surface area (Å²) in [6.45, 7) is 1.63. The molecule has 0 aliphatic heterocycles. The van der Waals surface area contributed by atoms with E-state index in [1.807, 2.05) is 30.3 Å². The highest BCUT2D eigenvalue weighted by Gasteiger charge is 2.05. The van der Waals surface area contributed by atoms with Crippen LogP contribution in [0.3, 0.4) is 0 Å². The molecule has 0 aromatic heterocycles. The molecular formula is C10H14ClNO2. The first-order valence-corrected chi connectivity index (χ1v) is 4.17. The monoisotopic (exact) mass is 215 g/mol. The molecule has 14 heavy (non-hydrogen) atoms. The van der Waals surface area contributed by atoms with Gasteiger partial charge in [0, 0.05) is 0 Å². The van der Waals surface area contributed by atoms with Crippen molar-refractivity contribution in [2.75, 3.05) is 0 Å². The number of hydrogen-bond donors (Lipinski definition) is 1. The van der Waals surface area contributed by atoms with Crippen molar-refractivity contribution in [3.63, 3.8) is 0 Å². The van der Waals surface area contributed by atoms with Crippen LogP contribution in [0.1, 0.15) is 12.5 Å². The lowest BCUT2D eigenvalue weighted by molar-refractivity contribution is -0.147. The molecule has 0 saturated carbocycles. The minimum atomic E-state index is -0.531. The number of carbonyl (C=O) groups excluding carboxylic acids is 1. The number of benzene rings is 1. The fourth-order valence-electron chi connectivity index (χ4n) is 1.01. The third kappa shape index (κ3) is 4.84. The molecule has 0 bridgehead atoms. The largest absolute Gasteiger partial charge is 0.447 e. The number of rotatable bonds is 3. The second-order valence-electron chi connectivity index (χ2n) is 2.86. The first-order chi connectivity index (χ1) is 6.18. The molecule has 1 atom stereocenters. The number of esters is 1. The molecule has 2 N–H and O–H groups in total. The van der Waals surface area contributed by atoms with Gasteiger partial charge in [0.05, 0.1) is 6.42 Å². The van der Waals surface area contributed by atoms with E-state index in [4.69, 9.17) is 10.5 Å². The highest BCUT2D eigenvalue weighted by atomic mass is 35.5. The summed E-state index contributed by atoms with van der Waals surface area (Å²) in [6.07, 6.45) is -0.251. The highest BCUT2D eigenvalue weighted by Crippen LogP contribution is 2.00. The van der Waals surface area contributed by atoms with Crippen molar-refractivity contribution in [3.8, 4) is 0 Å². The number of carbonyl (C=O) groups is 1. The average Bonchev–Trinajstić information content (AvgIpc) is 2.04. The van der Waals surface area contributed by atoms with Gasteiger partial charge in [0.15, 0.2) is 0 Å². The molecule has 0 aliphatic rings. The normalized spacial score (nSPS) is 11.3. The standard InChI is InChI=1S/C10H13NO2.ClH/c1-8(11)13-10(12)7-9-5-3-2-4-6-9;/h2-6,8H,7,11H2,1H3;1H/t8-;/m1./s1. The Labute approximate surface area is 89.7 Å². The lowest BCUT2D eigenvalue weighted by atomic mass is 10.2. The van der Waals surface area contributed by atoms with Crippen molar-refractivity contribution in [3.05, 3.63) is 35.9 Å². The van der Waals surface area contributed by atoms with Crippen molar-refractivity contribution >= 4 is 18.4 Å². The van der Waals surface area contributed by atoms with Crippen LogP contribution in [-0.2, 0) is 16.0 Å². The topological polar surface area (TPSA) is 52.3 Å². The van der Waals surface area contributed by atoms with Gasteiger partial charge >= 0.3 is 5.97 Å². The van der Waals surface area contributed by atoms with E-state index in [1.165, 1.54) is 0 Å². The van der Waals surface area contributed by atoms with Crippen LogP contribution >= 0.6 is 12.4 Å². The molecule has 78 valence electrons. The molecule has 4 heteroatoms. The third-order valence-corrected chi connectivity index (χ3v) is 1.51. The van der Waals surface area contributed by atoms with Gasteiger partial charge in [-0.1, -0.05) is 30.3 Å². The quantitative estimate of drug-likeness (QED) is 0.614. The lowest BCUT2D eigenvalue weighted by Crippen LogP contribution is -2.24. The van der Waals surface area contributed by atoms with E-state index >= 15 is 0 Å². The van der Waals surface area contributed by atoms with E-state index in [-0.39, 0.29) is 24.8 Å². The second kappa shape index (κ2) is 6.40. The van der Waals surface area contributed by atoms with Gasteiger partial charge in [0.25, 0.3) is 0 Å². The smallest absolute Gasteiger partial charge is 0.311 e. The highest BCUT2D eigenvalue weighted by molar-refractivity contribution is 5.85. The van der Waals surface area contributed by atoms with Crippen LogP contribution in [0.5, 0.6) is 0 Å². The fourth-order valence-corrected chi connectivity index (χ4v) is 1.01. The van der Waals surface area contributed by atoms with Crippen LogP contribution in [0.15, 0.2) is 30.3 Å². The van der Waals surface area contributed by atoms with E-state index in [0.29, 0.717) is 0 Å². The molecule has 0 fully saturated rings. The number of ether oxygens (including phenoxy) is 1. The molecule has 0 amide bonds. The summed E-state index contributed by atoms with van der Waals surface area (Å²) in [5.41, 5.74) is 6.24. The van der Waals surface area contributed by atoms with Gasteiger partial charge < -0.3 is 4.74 Å². The van der Waals surface area contributed by atoms with Crippen molar-refractivity contribution in [1.82, 2.24) is 0 Å². The van der Waals surface area contributed by atoms with Crippen molar-refractivity contribution in [2.45, 2.75) is 19.6 Å². The molecule has 1 rings (SSSR count). The first kappa shape index (κ1) is 12.9. The number of halogens is 1. The van der Waals surface area contributed by atoms with Gasteiger partial charge in [-0.15, -0.1) is 12.4 Å². The molecule has 3 nitrogen and oxygen atoms in total. The van der Waals surface area contributed by atoms with Crippen molar-refractivity contribution in [2.24, 2.45) is 5.73 Å². The summed E-state index contributed by atoms with van der Waals surface area (Å²) in [5, 5.41) is 0. The van der Waals surface area contributed by atoms with E-state index in [0.717, 1.165) is 5.56 Å². The van der Waals surface area contributed by atoms with Gasteiger partial charge in [0.2, 0.25) is 0 Å². The van der Waals surface area contributed by atoms with Gasteiger partial charge in [-0.05, 0) is 12.5 Å². The lowest BCUT2D eigenvalue weighted by Gasteiger charge is -2.07. The van der Waals surface area contributed by atoms with Crippen LogP contribution in [0, 0.1) is 0 Å². The predicted octanol–water partition coefficient (Wildman–Crippen LogP) is 1.50. The van der Waals surface area contributed by atoms with E-state index in [9.17, 15) is 4.79 Å². The molecular weight excluding hydrogens is 202 g/mol. The Kier molecular flexibility index (Phi) is 5.92. The SMILES string of the molecule is C[C@H](N)OC(=O)Cc1ccccc1.Cl. The second-order valence-corrected chi connectivity index (χ2v) is 2.86. The molecule has 0 radical (unpaired) electrons. The molecule has 0 unspecified atom stereocenters. The zero-order valence-electron chi connectivity index (χ0n) is 7.97.